The molecule has 0 aliphatic carbocycles. The van der Waals surface area contributed by atoms with Gasteiger partial charge in [-0.3, -0.25) is 15.0 Å². The number of aromatic nitrogens is 2. The van der Waals surface area contributed by atoms with Gasteiger partial charge in [0.25, 0.3) is 0 Å². The molecule has 22 heavy (non-hydrogen) atoms. The fourth-order valence-electron chi connectivity index (χ4n) is 2.65. The van der Waals surface area contributed by atoms with E-state index in [-0.39, 0.29) is 28.4 Å². The van der Waals surface area contributed by atoms with Crippen LogP contribution in [0.3, 0.4) is 0 Å². The first-order valence-electron chi connectivity index (χ1n) is 6.79. The first kappa shape index (κ1) is 14.9. The van der Waals surface area contributed by atoms with Crippen molar-refractivity contribution in [2.45, 2.75) is 0 Å². The summed E-state index contributed by atoms with van der Waals surface area (Å²) in [5.41, 5.74) is 0.527. The number of piperazine rings is 1. The standard InChI is InChI=1S/C12H14ClN5O4/c13-8-7-9(17-3-1-16(2-4-17)5-6-19)12(18(20)21)11-10(8)14-22-15-11/h7,19H,1-6H2. The largest absolute Gasteiger partial charge is 0.395 e. The molecule has 9 nitrogen and oxygen atoms in total. The molecule has 0 atom stereocenters. The number of aliphatic hydroxyl groups is 1. The maximum Gasteiger partial charge on any atom is 0.323 e. The molecule has 1 fully saturated rings. The maximum atomic E-state index is 11.4. The third-order valence-electron chi connectivity index (χ3n) is 3.76. The van der Waals surface area contributed by atoms with Crippen LogP contribution in [0.4, 0.5) is 11.4 Å². The summed E-state index contributed by atoms with van der Waals surface area (Å²) >= 11 is 6.12. The first-order chi connectivity index (χ1) is 10.6. The lowest BCUT2D eigenvalue weighted by Crippen LogP contribution is -2.47. The Kier molecular flexibility index (Phi) is 4.10. The van der Waals surface area contributed by atoms with Crippen molar-refractivity contribution in [1.29, 1.82) is 0 Å². The van der Waals surface area contributed by atoms with Crippen molar-refractivity contribution in [3.8, 4) is 0 Å². The van der Waals surface area contributed by atoms with E-state index < -0.39 is 4.92 Å². The summed E-state index contributed by atoms with van der Waals surface area (Å²) in [5, 5.41) is 27.9. The number of halogens is 1. The molecule has 0 amide bonds. The van der Waals surface area contributed by atoms with Crippen LogP contribution in [-0.4, -0.2) is 64.6 Å². The lowest BCUT2D eigenvalue weighted by atomic mass is 10.2. The summed E-state index contributed by atoms with van der Waals surface area (Å²) in [5.74, 6) is 0. The topological polar surface area (TPSA) is 109 Å². The monoisotopic (exact) mass is 327 g/mol. The van der Waals surface area contributed by atoms with E-state index in [1.807, 2.05) is 4.90 Å². The highest BCUT2D eigenvalue weighted by atomic mass is 35.5. The number of β-amino-alcohol motifs (C(OH)–C–C–N with tert-alkyl or cyclic N) is 1. The molecule has 10 heteroatoms. The number of anilines is 1. The van der Waals surface area contributed by atoms with Gasteiger partial charge in [0.15, 0.2) is 5.52 Å². The van der Waals surface area contributed by atoms with E-state index in [2.05, 4.69) is 19.8 Å². The first-order valence-corrected chi connectivity index (χ1v) is 7.17. The smallest absolute Gasteiger partial charge is 0.323 e. The zero-order valence-electron chi connectivity index (χ0n) is 11.6. The molecule has 0 spiro atoms. The lowest BCUT2D eigenvalue weighted by Gasteiger charge is -2.35. The molecule has 2 aromatic rings. The number of hydrogen-bond donors (Lipinski definition) is 1. The number of nitro groups is 1. The van der Waals surface area contributed by atoms with Crippen LogP contribution in [0.15, 0.2) is 10.7 Å². The van der Waals surface area contributed by atoms with Crippen LogP contribution in [0, 0.1) is 10.1 Å². The van der Waals surface area contributed by atoms with Gasteiger partial charge in [0.1, 0.15) is 5.69 Å². The number of benzene rings is 1. The Balaban J connectivity index is 1.97. The highest BCUT2D eigenvalue weighted by Gasteiger charge is 2.30. The molecule has 1 aliphatic heterocycles. The Bertz CT molecular complexity index is 698. The van der Waals surface area contributed by atoms with Gasteiger partial charge >= 0.3 is 5.69 Å². The van der Waals surface area contributed by atoms with Crippen LogP contribution in [-0.2, 0) is 0 Å². The fourth-order valence-corrected chi connectivity index (χ4v) is 2.88. The van der Waals surface area contributed by atoms with E-state index in [1.54, 1.807) is 0 Å². The summed E-state index contributed by atoms with van der Waals surface area (Å²) in [7, 11) is 0. The molecule has 1 aromatic carbocycles. The zero-order chi connectivity index (χ0) is 15.7. The van der Waals surface area contributed by atoms with Crippen molar-refractivity contribution >= 4 is 34.0 Å². The van der Waals surface area contributed by atoms with Crippen molar-refractivity contribution in [3.63, 3.8) is 0 Å². The van der Waals surface area contributed by atoms with E-state index in [0.29, 0.717) is 38.4 Å². The number of rotatable bonds is 4. The Morgan fingerprint density at radius 3 is 2.64 bits per heavy atom. The maximum absolute atomic E-state index is 11.4. The Hall–Kier alpha value is -1.97. The number of hydrogen-bond acceptors (Lipinski definition) is 8. The second kappa shape index (κ2) is 6.03. The molecular formula is C12H14ClN5O4. The summed E-state index contributed by atoms with van der Waals surface area (Å²) in [4.78, 5) is 14.9. The number of fused-ring (bicyclic) bond motifs is 1. The summed E-state index contributed by atoms with van der Waals surface area (Å²) in [6, 6.07) is 1.54. The number of aliphatic hydroxyl groups excluding tert-OH is 1. The van der Waals surface area contributed by atoms with Crippen LogP contribution >= 0.6 is 11.6 Å². The van der Waals surface area contributed by atoms with Crippen molar-refractivity contribution in [2.75, 3.05) is 44.2 Å². The van der Waals surface area contributed by atoms with Crippen molar-refractivity contribution in [3.05, 3.63) is 21.2 Å². The Labute approximate surface area is 130 Å². The number of nitro benzene ring substituents is 1. The van der Waals surface area contributed by atoms with Crippen molar-refractivity contribution in [2.24, 2.45) is 0 Å². The quantitative estimate of drug-likeness (QED) is 0.651. The predicted octanol–water partition coefficient (Wildman–Crippen LogP) is 0.899. The van der Waals surface area contributed by atoms with E-state index >= 15 is 0 Å². The van der Waals surface area contributed by atoms with Gasteiger partial charge < -0.3 is 10.0 Å². The average Bonchev–Trinajstić information content (AvgIpc) is 2.97. The molecule has 1 saturated heterocycles. The van der Waals surface area contributed by atoms with Gasteiger partial charge in [-0.15, -0.1) is 0 Å². The average molecular weight is 328 g/mol. The van der Waals surface area contributed by atoms with Crippen LogP contribution in [0.5, 0.6) is 0 Å². The van der Waals surface area contributed by atoms with E-state index in [1.165, 1.54) is 6.07 Å². The van der Waals surface area contributed by atoms with Crippen LogP contribution in [0.2, 0.25) is 5.02 Å². The molecule has 3 rings (SSSR count). The van der Waals surface area contributed by atoms with Gasteiger partial charge in [-0.2, -0.15) is 0 Å². The van der Waals surface area contributed by atoms with E-state index in [9.17, 15) is 10.1 Å². The summed E-state index contributed by atoms with van der Waals surface area (Å²) in [6.07, 6.45) is 0. The third-order valence-corrected chi connectivity index (χ3v) is 4.05. The van der Waals surface area contributed by atoms with Gasteiger partial charge in [0, 0.05) is 32.7 Å². The predicted molar refractivity (Wildman–Crippen MR) is 79.2 cm³/mol. The van der Waals surface area contributed by atoms with E-state index in [0.717, 1.165) is 0 Å². The lowest BCUT2D eigenvalue weighted by molar-refractivity contribution is -0.382. The minimum absolute atomic E-state index is 0.0605. The SMILES string of the molecule is O=[N+]([O-])c1c(N2CCN(CCO)CC2)cc(Cl)c2nonc12. The van der Waals surface area contributed by atoms with Gasteiger partial charge in [-0.25, -0.2) is 4.63 Å². The molecular weight excluding hydrogens is 314 g/mol. The normalized spacial score (nSPS) is 16.4. The highest BCUT2D eigenvalue weighted by molar-refractivity contribution is 6.35. The number of nitrogens with zero attached hydrogens (tertiary/aromatic N) is 5. The summed E-state index contributed by atoms with van der Waals surface area (Å²) in [6.45, 7) is 3.34. The second-order valence-electron chi connectivity index (χ2n) is 5.00. The van der Waals surface area contributed by atoms with Crippen LogP contribution in [0.1, 0.15) is 0 Å². The highest BCUT2D eigenvalue weighted by Crippen LogP contribution is 2.38. The fraction of sp³-hybridized carbons (Fsp3) is 0.500. The minimum Gasteiger partial charge on any atom is -0.395 e. The van der Waals surface area contributed by atoms with Crippen LogP contribution in [0.25, 0.3) is 11.0 Å². The van der Waals surface area contributed by atoms with Gasteiger partial charge in [-0.1, -0.05) is 11.6 Å². The van der Waals surface area contributed by atoms with Gasteiger partial charge in [0.2, 0.25) is 5.52 Å². The third kappa shape index (κ3) is 2.58. The van der Waals surface area contributed by atoms with Crippen molar-refractivity contribution < 1.29 is 14.7 Å². The molecule has 1 aromatic heterocycles. The molecule has 1 aliphatic rings. The minimum atomic E-state index is -0.488. The Morgan fingerprint density at radius 2 is 2.00 bits per heavy atom. The van der Waals surface area contributed by atoms with Crippen molar-refractivity contribution in [1.82, 2.24) is 15.2 Å². The Morgan fingerprint density at radius 1 is 1.32 bits per heavy atom. The van der Waals surface area contributed by atoms with Gasteiger partial charge in [0.05, 0.1) is 16.6 Å². The molecule has 0 saturated carbocycles. The van der Waals surface area contributed by atoms with Gasteiger partial charge in [-0.05, 0) is 16.4 Å². The molecule has 0 unspecified atom stereocenters. The second-order valence-corrected chi connectivity index (χ2v) is 5.40. The molecule has 1 N–H and O–H groups in total. The molecule has 0 bridgehead atoms. The zero-order valence-corrected chi connectivity index (χ0v) is 12.4. The summed E-state index contributed by atoms with van der Waals surface area (Å²) < 4.78 is 4.58. The molecule has 118 valence electrons. The molecule has 0 radical (unpaired) electrons. The van der Waals surface area contributed by atoms with E-state index in [4.69, 9.17) is 16.7 Å². The molecule has 2 heterocycles. The van der Waals surface area contributed by atoms with Crippen LogP contribution < -0.4 is 4.90 Å².